The highest BCUT2D eigenvalue weighted by atomic mass is 16.5. The van der Waals surface area contributed by atoms with E-state index >= 15 is 0 Å². The highest BCUT2D eigenvalue weighted by Gasteiger charge is 2.27. The number of amides is 1. The third-order valence-electron chi connectivity index (χ3n) is 2.50. The van der Waals surface area contributed by atoms with Crippen LogP contribution >= 0.6 is 0 Å². The van der Waals surface area contributed by atoms with Crippen molar-refractivity contribution in [3.8, 4) is 0 Å². The Morgan fingerprint density at radius 2 is 2.36 bits per heavy atom. The minimum Gasteiger partial charge on any atom is -0.367 e. The van der Waals surface area contributed by atoms with Crippen LogP contribution in [0.15, 0.2) is 0 Å². The highest BCUT2D eigenvalue weighted by Crippen LogP contribution is 2.11. The number of carbonyl (C=O) groups is 1. The van der Waals surface area contributed by atoms with Crippen LogP contribution in [0.2, 0.25) is 0 Å². The first kappa shape index (κ1) is 11.5. The molecule has 1 unspecified atom stereocenters. The summed E-state index contributed by atoms with van der Waals surface area (Å²) in [6.07, 6.45) is 1.16. The Balaban J connectivity index is 2.41. The summed E-state index contributed by atoms with van der Waals surface area (Å²) in [6.45, 7) is 5.99. The summed E-state index contributed by atoms with van der Waals surface area (Å²) in [5, 5.41) is 3.09. The highest BCUT2D eigenvalue weighted by molar-refractivity contribution is 5.78. The summed E-state index contributed by atoms with van der Waals surface area (Å²) >= 11 is 0. The molecule has 1 N–H and O–H groups in total. The van der Waals surface area contributed by atoms with Crippen molar-refractivity contribution in [1.82, 2.24) is 10.2 Å². The normalized spacial score (nSPS) is 23.3. The largest absolute Gasteiger partial charge is 0.367 e. The van der Waals surface area contributed by atoms with E-state index in [1.54, 1.807) is 0 Å². The van der Waals surface area contributed by atoms with Crippen molar-refractivity contribution in [1.29, 1.82) is 0 Å². The molecule has 1 amide bonds. The van der Waals surface area contributed by atoms with Gasteiger partial charge in [-0.2, -0.15) is 0 Å². The van der Waals surface area contributed by atoms with Crippen molar-refractivity contribution in [3.63, 3.8) is 0 Å². The fourth-order valence-electron chi connectivity index (χ4n) is 1.62. The van der Waals surface area contributed by atoms with E-state index in [9.17, 15) is 4.79 Å². The maximum Gasteiger partial charge on any atom is 0.248 e. The first-order valence-electron chi connectivity index (χ1n) is 5.20. The van der Waals surface area contributed by atoms with Crippen molar-refractivity contribution in [2.75, 3.05) is 26.7 Å². The fourth-order valence-corrected chi connectivity index (χ4v) is 1.62. The Morgan fingerprint density at radius 3 is 2.93 bits per heavy atom. The van der Waals surface area contributed by atoms with Gasteiger partial charge >= 0.3 is 0 Å². The van der Waals surface area contributed by atoms with Crippen LogP contribution in [0.5, 0.6) is 0 Å². The number of morpholine rings is 1. The Hall–Kier alpha value is -0.610. The van der Waals surface area contributed by atoms with Gasteiger partial charge in [0.1, 0.15) is 6.61 Å². The van der Waals surface area contributed by atoms with Gasteiger partial charge in [0.15, 0.2) is 0 Å². The molecule has 0 aromatic carbocycles. The summed E-state index contributed by atoms with van der Waals surface area (Å²) in [7, 11) is 1.92. The molecule has 1 saturated heterocycles. The molecule has 0 aliphatic carbocycles. The number of hydrogen-bond donors (Lipinski definition) is 1. The molecule has 1 aliphatic rings. The van der Waals surface area contributed by atoms with Crippen LogP contribution in [0.3, 0.4) is 0 Å². The summed E-state index contributed by atoms with van der Waals surface area (Å²) < 4.78 is 5.44. The lowest BCUT2D eigenvalue weighted by Gasteiger charge is -2.35. The molecule has 0 spiro atoms. The Morgan fingerprint density at radius 1 is 1.64 bits per heavy atom. The number of rotatable bonds is 4. The molecule has 4 heteroatoms. The zero-order valence-corrected chi connectivity index (χ0v) is 9.25. The van der Waals surface area contributed by atoms with Gasteiger partial charge in [0, 0.05) is 12.6 Å². The van der Waals surface area contributed by atoms with Gasteiger partial charge in [-0.3, -0.25) is 4.79 Å². The van der Waals surface area contributed by atoms with E-state index in [2.05, 4.69) is 5.32 Å². The SMILES string of the molecule is CNCCC1CN(C(C)C)C(=O)CO1. The van der Waals surface area contributed by atoms with E-state index < -0.39 is 0 Å². The topological polar surface area (TPSA) is 41.6 Å². The van der Waals surface area contributed by atoms with Gasteiger partial charge < -0.3 is 15.0 Å². The van der Waals surface area contributed by atoms with Gasteiger partial charge in [-0.05, 0) is 33.9 Å². The Labute approximate surface area is 85.6 Å². The molecule has 82 valence electrons. The van der Waals surface area contributed by atoms with E-state index in [4.69, 9.17) is 4.74 Å². The minimum atomic E-state index is 0.112. The van der Waals surface area contributed by atoms with Crippen molar-refractivity contribution in [2.45, 2.75) is 32.4 Å². The Bertz CT molecular complexity index is 195. The number of carbonyl (C=O) groups excluding carboxylic acids is 1. The van der Waals surface area contributed by atoms with Crippen LogP contribution in [0.4, 0.5) is 0 Å². The maximum atomic E-state index is 11.4. The summed E-state index contributed by atoms with van der Waals surface area (Å²) in [6, 6.07) is 0.281. The second-order valence-electron chi connectivity index (χ2n) is 3.97. The number of ether oxygens (including phenoxy) is 1. The molecule has 0 aromatic heterocycles. The van der Waals surface area contributed by atoms with Gasteiger partial charge in [-0.25, -0.2) is 0 Å². The fraction of sp³-hybridized carbons (Fsp3) is 0.900. The minimum absolute atomic E-state index is 0.112. The lowest BCUT2D eigenvalue weighted by Crippen LogP contribution is -2.50. The van der Waals surface area contributed by atoms with Crippen molar-refractivity contribution >= 4 is 5.91 Å². The lowest BCUT2D eigenvalue weighted by atomic mass is 10.1. The van der Waals surface area contributed by atoms with E-state index in [0.29, 0.717) is 0 Å². The molecule has 0 radical (unpaired) electrons. The molecule has 0 bridgehead atoms. The quantitative estimate of drug-likeness (QED) is 0.706. The van der Waals surface area contributed by atoms with Crippen LogP contribution in [-0.2, 0) is 9.53 Å². The van der Waals surface area contributed by atoms with E-state index in [0.717, 1.165) is 19.5 Å². The van der Waals surface area contributed by atoms with Gasteiger partial charge in [0.05, 0.1) is 6.10 Å². The molecule has 1 rings (SSSR count). The number of hydrogen-bond acceptors (Lipinski definition) is 3. The van der Waals surface area contributed by atoms with Crippen molar-refractivity contribution in [2.24, 2.45) is 0 Å². The molecule has 4 nitrogen and oxygen atoms in total. The van der Waals surface area contributed by atoms with E-state index in [-0.39, 0.29) is 24.7 Å². The molecule has 0 saturated carbocycles. The Kier molecular flexibility index (Phi) is 4.35. The molecule has 1 fully saturated rings. The molecule has 14 heavy (non-hydrogen) atoms. The van der Waals surface area contributed by atoms with Gasteiger partial charge in [0.2, 0.25) is 5.91 Å². The predicted molar refractivity (Wildman–Crippen MR) is 55.1 cm³/mol. The number of nitrogens with zero attached hydrogens (tertiary/aromatic N) is 1. The standard InChI is InChI=1S/C10H20N2O2/c1-8(2)12-6-9(4-5-11-3)14-7-10(12)13/h8-9,11H,4-7H2,1-3H3. The van der Waals surface area contributed by atoms with E-state index in [1.165, 1.54) is 0 Å². The maximum absolute atomic E-state index is 11.4. The van der Waals surface area contributed by atoms with Crippen LogP contribution in [0, 0.1) is 0 Å². The van der Waals surface area contributed by atoms with Crippen molar-refractivity contribution < 1.29 is 9.53 Å². The average Bonchev–Trinajstić information content (AvgIpc) is 2.16. The van der Waals surface area contributed by atoms with Crippen LogP contribution in [-0.4, -0.2) is 49.7 Å². The van der Waals surface area contributed by atoms with Gasteiger partial charge in [0.25, 0.3) is 0 Å². The molecular weight excluding hydrogens is 180 g/mol. The molecule has 1 atom stereocenters. The molecule has 1 aliphatic heterocycles. The smallest absolute Gasteiger partial charge is 0.248 e. The third kappa shape index (κ3) is 2.96. The average molecular weight is 200 g/mol. The monoisotopic (exact) mass is 200 g/mol. The second kappa shape index (κ2) is 5.32. The zero-order valence-electron chi connectivity index (χ0n) is 9.25. The van der Waals surface area contributed by atoms with Crippen LogP contribution < -0.4 is 5.32 Å². The van der Waals surface area contributed by atoms with Crippen molar-refractivity contribution in [3.05, 3.63) is 0 Å². The van der Waals surface area contributed by atoms with E-state index in [1.807, 2.05) is 25.8 Å². The first-order valence-corrected chi connectivity index (χ1v) is 5.20. The van der Waals surface area contributed by atoms with Gasteiger partial charge in [-0.1, -0.05) is 0 Å². The summed E-state index contributed by atoms with van der Waals surface area (Å²) in [5.74, 6) is 0.112. The molecular formula is C10H20N2O2. The summed E-state index contributed by atoms with van der Waals surface area (Å²) in [4.78, 5) is 13.3. The third-order valence-corrected chi connectivity index (χ3v) is 2.50. The molecule has 1 heterocycles. The lowest BCUT2D eigenvalue weighted by molar-refractivity contribution is -0.151. The first-order chi connectivity index (χ1) is 6.65. The van der Waals surface area contributed by atoms with Gasteiger partial charge in [-0.15, -0.1) is 0 Å². The summed E-state index contributed by atoms with van der Waals surface area (Å²) in [5.41, 5.74) is 0. The predicted octanol–water partition coefficient (Wildman–Crippen LogP) is 0.232. The molecule has 0 aromatic rings. The second-order valence-corrected chi connectivity index (χ2v) is 3.97. The number of nitrogens with one attached hydrogen (secondary N) is 1. The van der Waals surface area contributed by atoms with Crippen LogP contribution in [0.25, 0.3) is 0 Å². The zero-order chi connectivity index (χ0) is 10.6. The van der Waals surface area contributed by atoms with Crippen LogP contribution in [0.1, 0.15) is 20.3 Å².